The molecule has 2 aromatic rings. The minimum atomic E-state index is -0.789. The Labute approximate surface area is 171 Å². The molecule has 0 spiro atoms. The maximum absolute atomic E-state index is 14.2. The van der Waals surface area contributed by atoms with Gasteiger partial charge in [-0.25, -0.2) is 4.39 Å². The smallest absolute Gasteiger partial charge is 0.261 e. The third-order valence-electron chi connectivity index (χ3n) is 4.35. The number of benzene rings is 2. The highest BCUT2D eigenvalue weighted by molar-refractivity contribution is 5.88. The van der Waals surface area contributed by atoms with Crippen molar-refractivity contribution in [3.05, 3.63) is 65.5 Å². The van der Waals surface area contributed by atoms with Crippen LogP contribution >= 0.6 is 0 Å². The van der Waals surface area contributed by atoms with Crippen LogP contribution in [0, 0.1) is 12.7 Å². The molecule has 6 heteroatoms. The number of nitrogens with zero attached hydrogens (tertiary/aromatic N) is 1. The molecule has 5 nitrogen and oxygen atoms in total. The van der Waals surface area contributed by atoms with Gasteiger partial charge in [-0.2, -0.15) is 0 Å². The summed E-state index contributed by atoms with van der Waals surface area (Å²) in [4.78, 5) is 26.9. The van der Waals surface area contributed by atoms with Crippen molar-refractivity contribution < 1.29 is 18.7 Å². The van der Waals surface area contributed by atoms with Crippen molar-refractivity contribution in [1.29, 1.82) is 0 Å². The molecule has 0 radical (unpaired) electrons. The number of carbonyl (C=O) groups excluding carboxylic acids is 2. The van der Waals surface area contributed by atoms with Crippen molar-refractivity contribution in [3.63, 3.8) is 0 Å². The highest BCUT2D eigenvalue weighted by Gasteiger charge is 2.29. The van der Waals surface area contributed by atoms with E-state index in [1.807, 2.05) is 39.8 Å². The average Bonchev–Trinajstić information content (AvgIpc) is 2.65. The second-order valence-electron chi connectivity index (χ2n) is 8.13. The number of halogens is 1. The van der Waals surface area contributed by atoms with Crippen molar-refractivity contribution in [3.8, 4) is 5.75 Å². The van der Waals surface area contributed by atoms with Crippen LogP contribution in [0.25, 0.3) is 0 Å². The van der Waals surface area contributed by atoms with E-state index in [1.165, 1.54) is 11.0 Å². The molecule has 0 aromatic heterocycles. The monoisotopic (exact) mass is 400 g/mol. The molecule has 29 heavy (non-hydrogen) atoms. The van der Waals surface area contributed by atoms with Gasteiger partial charge in [-0.05, 0) is 52.8 Å². The topological polar surface area (TPSA) is 58.6 Å². The lowest BCUT2D eigenvalue weighted by molar-refractivity contribution is -0.142. The largest absolute Gasteiger partial charge is 0.484 e. The second kappa shape index (κ2) is 9.54. The Hall–Kier alpha value is -2.89. The molecule has 2 aromatic carbocycles. The molecule has 1 atom stereocenters. The van der Waals surface area contributed by atoms with Crippen molar-refractivity contribution in [1.82, 2.24) is 10.2 Å². The molecule has 0 saturated carbocycles. The molecule has 156 valence electrons. The summed E-state index contributed by atoms with van der Waals surface area (Å²) in [6, 6.07) is 12.8. The molecule has 0 aliphatic rings. The van der Waals surface area contributed by atoms with Crippen molar-refractivity contribution in [2.45, 2.75) is 52.7 Å². The number of rotatable bonds is 7. The van der Waals surface area contributed by atoms with Gasteiger partial charge in [0.15, 0.2) is 6.61 Å². The first-order valence-electron chi connectivity index (χ1n) is 9.61. The molecule has 2 rings (SSSR count). The predicted octanol–water partition coefficient (Wildman–Crippen LogP) is 3.84. The molecular weight excluding hydrogens is 371 g/mol. The summed E-state index contributed by atoms with van der Waals surface area (Å²) in [5, 5.41) is 2.87. The molecule has 0 aliphatic carbocycles. The summed E-state index contributed by atoms with van der Waals surface area (Å²) in [6.45, 7) is 8.90. The zero-order chi connectivity index (χ0) is 21.6. The fourth-order valence-corrected chi connectivity index (χ4v) is 2.73. The van der Waals surface area contributed by atoms with Crippen LogP contribution in [0.3, 0.4) is 0 Å². The summed E-state index contributed by atoms with van der Waals surface area (Å²) in [5.74, 6) is -0.572. The maximum atomic E-state index is 14.2. The molecule has 1 N–H and O–H groups in total. The lowest BCUT2D eigenvalue weighted by atomic mass is 10.1. The van der Waals surface area contributed by atoms with Gasteiger partial charge in [0.25, 0.3) is 5.91 Å². The molecule has 0 saturated heterocycles. The van der Waals surface area contributed by atoms with E-state index < -0.39 is 23.3 Å². The van der Waals surface area contributed by atoms with Gasteiger partial charge in [-0.1, -0.05) is 35.9 Å². The Morgan fingerprint density at radius 2 is 1.72 bits per heavy atom. The van der Waals surface area contributed by atoms with Gasteiger partial charge in [-0.15, -0.1) is 0 Å². The minimum Gasteiger partial charge on any atom is -0.484 e. The fraction of sp³-hybridized carbons (Fsp3) is 0.391. The third kappa shape index (κ3) is 6.89. The molecular formula is C23H29FN2O3. The predicted molar refractivity (Wildman–Crippen MR) is 111 cm³/mol. The van der Waals surface area contributed by atoms with E-state index in [0.717, 1.165) is 5.56 Å². The number of ether oxygens (including phenoxy) is 1. The van der Waals surface area contributed by atoms with Crippen LogP contribution in [0.5, 0.6) is 5.75 Å². The van der Waals surface area contributed by atoms with Gasteiger partial charge in [0.1, 0.15) is 17.6 Å². The van der Waals surface area contributed by atoms with E-state index in [0.29, 0.717) is 11.3 Å². The van der Waals surface area contributed by atoms with Crippen LogP contribution in [0.15, 0.2) is 48.5 Å². The Morgan fingerprint density at radius 3 is 2.31 bits per heavy atom. The molecule has 0 fully saturated rings. The quantitative estimate of drug-likeness (QED) is 0.768. The van der Waals surface area contributed by atoms with Crippen molar-refractivity contribution in [2.75, 3.05) is 6.61 Å². The standard InChI is InChI=1S/C23H29FN2O3/c1-16-10-12-19(13-11-16)29-15-21(27)26(14-18-8-6-7-9-20(18)24)17(2)22(28)25-23(3,4)5/h6-13,17H,14-15H2,1-5H3,(H,25,28). The van der Waals surface area contributed by atoms with Crippen LogP contribution < -0.4 is 10.1 Å². The van der Waals surface area contributed by atoms with Crippen LogP contribution in [0.1, 0.15) is 38.8 Å². The first-order chi connectivity index (χ1) is 13.6. The fourth-order valence-electron chi connectivity index (χ4n) is 2.73. The van der Waals surface area contributed by atoms with Crippen molar-refractivity contribution >= 4 is 11.8 Å². The zero-order valence-corrected chi connectivity index (χ0v) is 17.7. The van der Waals surface area contributed by atoms with E-state index in [2.05, 4.69) is 5.32 Å². The normalized spacial score (nSPS) is 12.2. The summed E-state index contributed by atoms with van der Waals surface area (Å²) in [6.07, 6.45) is 0. The molecule has 2 amide bonds. The first kappa shape index (κ1) is 22.4. The average molecular weight is 400 g/mol. The third-order valence-corrected chi connectivity index (χ3v) is 4.35. The van der Waals surface area contributed by atoms with E-state index >= 15 is 0 Å². The number of hydrogen-bond donors (Lipinski definition) is 1. The second-order valence-corrected chi connectivity index (χ2v) is 8.13. The van der Waals surface area contributed by atoms with Gasteiger partial charge >= 0.3 is 0 Å². The Morgan fingerprint density at radius 1 is 1.10 bits per heavy atom. The summed E-state index contributed by atoms with van der Waals surface area (Å²) in [5.41, 5.74) is 0.972. The van der Waals surface area contributed by atoms with E-state index in [9.17, 15) is 14.0 Å². The zero-order valence-electron chi connectivity index (χ0n) is 17.7. The maximum Gasteiger partial charge on any atom is 0.261 e. The molecule has 0 bridgehead atoms. The van der Waals surface area contributed by atoms with Gasteiger partial charge in [0, 0.05) is 17.6 Å². The number of amides is 2. The Balaban J connectivity index is 2.18. The van der Waals surface area contributed by atoms with E-state index in [4.69, 9.17) is 4.74 Å². The number of nitrogens with one attached hydrogen (secondary N) is 1. The van der Waals surface area contributed by atoms with Crippen LogP contribution in [0.2, 0.25) is 0 Å². The summed E-state index contributed by atoms with van der Waals surface area (Å²) >= 11 is 0. The SMILES string of the molecule is Cc1ccc(OCC(=O)N(Cc2ccccc2F)C(C)C(=O)NC(C)(C)C)cc1. The first-order valence-corrected chi connectivity index (χ1v) is 9.61. The molecule has 0 heterocycles. The number of carbonyl (C=O) groups is 2. The highest BCUT2D eigenvalue weighted by atomic mass is 19.1. The van der Waals surface area contributed by atoms with Crippen LogP contribution in [-0.4, -0.2) is 34.9 Å². The van der Waals surface area contributed by atoms with Crippen LogP contribution in [0.4, 0.5) is 4.39 Å². The summed E-state index contributed by atoms with van der Waals surface area (Å²) < 4.78 is 19.8. The number of hydrogen-bond acceptors (Lipinski definition) is 3. The molecule has 0 aliphatic heterocycles. The van der Waals surface area contributed by atoms with Gasteiger partial charge in [-0.3, -0.25) is 9.59 Å². The van der Waals surface area contributed by atoms with Gasteiger partial charge in [0.2, 0.25) is 5.91 Å². The van der Waals surface area contributed by atoms with Crippen LogP contribution in [-0.2, 0) is 16.1 Å². The summed E-state index contributed by atoms with van der Waals surface area (Å²) in [7, 11) is 0. The Kier molecular flexibility index (Phi) is 7.37. The van der Waals surface area contributed by atoms with E-state index in [-0.39, 0.29) is 19.1 Å². The van der Waals surface area contributed by atoms with Gasteiger partial charge < -0.3 is 15.0 Å². The van der Waals surface area contributed by atoms with E-state index in [1.54, 1.807) is 37.3 Å². The highest BCUT2D eigenvalue weighted by Crippen LogP contribution is 2.16. The minimum absolute atomic E-state index is 0.0263. The molecule has 1 unspecified atom stereocenters. The lowest BCUT2D eigenvalue weighted by Gasteiger charge is -2.31. The van der Waals surface area contributed by atoms with Gasteiger partial charge in [0.05, 0.1) is 0 Å². The Bertz CT molecular complexity index is 844. The van der Waals surface area contributed by atoms with Crippen molar-refractivity contribution in [2.24, 2.45) is 0 Å². The lowest BCUT2D eigenvalue weighted by Crippen LogP contribution is -2.53. The number of aryl methyl sites for hydroxylation is 1.